The van der Waals surface area contributed by atoms with Gasteiger partial charge in [-0.2, -0.15) is 5.26 Å². The topological polar surface area (TPSA) is 86.5 Å². The van der Waals surface area contributed by atoms with Gasteiger partial charge in [-0.15, -0.1) is 0 Å². The van der Waals surface area contributed by atoms with Gasteiger partial charge in [-0.1, -0.05) is 0 Å². The normalized spacial score (nSPS) is 14.5. The van der Waals surface area contributed by atoms with Crippen LogP contribution in [0.1, 0.15) is 12.0 Å². The molecule has 1 aromatic heterocycles. The maximum Gasteiger partial charge on any atom is 0.315 e. The molecular weight excluding hydrogens is 272 g/mol. The number of anilines is 1. The Morgan fingerprint density at radius 2 is 2.05 bits per heavy atom. The molecule has 21 heavy (non-hydrogen) atoms. The van der Waals surface area contributed by atoms with E-state index in [-0.39, 0.29) is 12.3 Å². The van der Waals surface area contributed by atoms with E-state index in [9.17, 15) is 9.59 Å². The number of pyridine rings is 1. The number of rotatable bonds is 3. The lowest BCUT2D eigenvalue weighted by molar-refractivity contribution is -0.146. The predicted octanol–water partition coefficient (Wildman–Crippen LogP) is 0.165. The zero-order chi connectivity index (χ0) is 15.2. The van der Waals surface area contributed by atoms with E-state index in [0.29, 0.717) is 31.7 Å². The Balaban J connectivity index is 1.89. The van der Waals surface area contributed by atoms with Crippen molar-refractivity contribution < 1.29 is 14.3 Å². The van der Waals surface area contributed by atoms with Crippen molar-refractivity contribution in [1.82, 2.24) is 9.88 Å². The average Bonchev–Trinajstić information content (AvgIpc) is 2.55. The second-order valence-corrected chi connectivity index (χ2v) is 4.64. The molecule has 1 saturated heterocycles. The zero-order valence-electron chi connectivity index (χ0n) is 11.8. The van der Waals surface area contributed by atoms with Crippen molar-refractivity contribution in [2.24, 2.45) is 0 Å². The molecule has 0 atom stereocenters. The SMILES string of the molecule is COC(=O)CC(=O)N1CCN(c2ccc(C#N)cn2)CC1. The Labute approximate surface area is 122 Å². The molecule has 1 amide bonds. The summed E-state index contributed by atoms with van der Waals surface area (Å²) >= 11 is 0. The lowest BCUT2D eigenvalue weighted by Crippen LogP contribution is -2.49. The molecule has 0 aliphatic carbocycles. The van der Waals surface area contributed by atoms with Crippen molar-refractivity contribution in [2.45, 2.75) is 6.42 Å². The Morgan fingerprint density at radius 3 is 2.57 bits per heavy atom. The van der Waals surface area contributed by atoms with E-state index < -0.39 is 5.97 Å². The minimum Gasteiger partial charge on any atom is -0.469 e. The van der Waals surface area contributed by atoms with E-state index in [1.54, 1.807) is 17.0 Å². The van der Waals surface area contributed by atoms with E-state index in [0.717, 1.165) is 5.82 Å². The quantitative estimate of drug-likeness (QED) is 0.582. The van der Waals surface area contributed by atoms with Gasteiger partial charge in [0.2, 0.25) is 5.91 Å². The number of esters is 1. The number of nitriles is 1. The van der Waals surface area contributed by atoms with Gasteiger partial charge in [0.05, 0.1) is 12.7 Å². The molecule has 1 aliphatic rings. The van der Waals surface area contributed by atoms with Crippen LogP contribution in [-0.4, -0.2) is 55.0 Å². The minimum absolute atomic E-state index is 0.214. The van der Waals surface area contributed by atoms with Crippen LogP contribution in [0, 0.1) is 11.3 Å². The summed E-state index contributed by atoms with van der Waals surface area (Å²) < 4.78 is 4.49. The van der Waals surface area contributed by atoms with Crippen molar-refractivity contribution in [3.05, 3.63) is 23.9 Å². The van der Waals surface area contributed by atoms with Crippen LogP contribution in [0.15, 0.2) is 18.3 Å². The van der Waals surface area contributed by atoms with Crippen LogP contribution in [0.25, 0.3) is 0 Å². The largest absolute Gasteiger partial charge is 0.469 e. The van der Waals surface area contributed by atoms with Crippen LogP contribution in [0.4, 0.5) is 5.82 Å². The van der Waals surface area contributed by atoms with Crippen molar-refractivity contribution >= 4 is 17.7 Å². The number of piperazine rings is 1. The van der Waals surface area contributed by atoms with Crippen LogP contribution < -0.4 is 4.90 Å². The Bertz CT molecular complexity index is 557. The van der Waals surface area contributed by atoms with Crippen molar-refractivity contribution in [2.75, 3.05) is 38.2 Å². The molecule has 110 valence electrons. The third-order valence-electron chi connectivity index (χ3n) is 3.36. The standard InChI is InChI=1S/C14H16N4O3/c1-21-14(20)8-13(19)18-6-4-17(5-7-18)12-3-2-11(9-15)10-16-12/h2-3,10H,4-8H2,1H3. The molecule has 0 unspecified atom stereocenters. The maximum atomic E-state index is 11.8. The number of amides is 1. The van der Waals surface area contributed by atoms with Crippen LogP contribution in [-0.2, 0) is 14.3 Å². The summed E-state index contributed by atoms with van der Waals surface area (Å²) in [6, 6.07) is 5.54. The first-order valence-corrected chi connectivity index (χ1v) is 6.59. The molecule has 7 nitrogen and oxygen atoms in total. The molecule has 0 aromatic carbocycles. The van der Waals surface area contributed by atoms with Crippen molar-refractivity contribution in [3.8, 4) is 6.07 Å². The van der Waals surface area contributed by atoms with Crippen LogP contribution >= 0.6 is 0 Å². The number of carbonyl (C=O) groups is 2. The van der Waals surface area contributed by atoms with Crippen LogP contribution in [0.5, 0.6) is 0 Å². The molecular formula is C14H16N4O3. The van der Waals surface area contributed by atoms with Crippen LogP contribution in [0.3, 0.4) is 0 Å². The molecule has 7 heteroatoms. The first-order valence-electron chi connectivity index (χ1n) is 6.59. The smallest absolute Gasteiger partial charge is 0.315 e. The molecule has 2 heterocycles. The summed E-state index contributed by atoms with van der Waals surface area (Å²) in [6.45, 7) is 2.37. The van der Waals surface area contributed by atoms with Gasteiger partial charge >= 0.3 is 5.97 Å². The van der Waals surface area contributed by atoms with Gasteiger partial charge in [0.1, 0.15) is 18.3 Å². The molecule has 1 fully saturated rings. The third-order valence-corrected chi connectivity index (χ3v) is 3.36. The van der Waals surface area contributed by atoms with E-state index in [4.69, 9.17) is 5.26 Å². The zero-order valence-corrected chi connectivity index (χ0v) is 11.8. The highest BCUT2D eigenvalue weighted by Gasteiger charge is 2.23. The lowest BCUT2D eigenvalue weighted by Gasteiger charge is -2.35. The first kappa shape index (κ1) is 14.8. The summed E-state index contributed by atoms with van der Waals surface area (Å²) in [5.41, 5.74) is 0.519. The Morgan fingerprint density at radius 1 is 1.33 bits per heavy atom. The lowest BCUT2D eigenvalue weighted by atomic mass is 10.2. The second kappa shape index (κ2) is 6.70. The van der Waals surface area contributed by atoms with Gasteiger partial charge in [0, 0.05) is 32.4 Å². The molecule has 2 rings (SSSR count). The summed E-state index contributed by atoms with van der Waals surface area (Å²) in [5, 5.41) is 8.74. The number of aromatic nitrogens is 1. The third kappa shape index (κ3) is 3.69. The molecule has 0 radical (unpaired) electrons. The van der Waals surface area contributed by atoms with Crippen molar-refractivity contribution in [1.29, 1.82) is 5.26 Å². The molecule has 0 N–H and O–H groups in total. The average molecular weight is 288 g/mol. The highest BCUT2D eigenvalue weighted by Crippen LogP contribution is 2.14. The van der Waals surface area contributed by atoms with Crippen molar-refractivity contribution in [3.63, 3.8) is 0 Å². The number of methoxy groups -OCH3 is 1. The van der Waals surface area contributed by atoms with Gasteiger partial charge in [-0.25, -0.2) is 4.98 Å². The number of hydrogen-bond acceptors (Lipinski definition) is 6. The fourth-order valence-corrected chi connectivity index (χ4v) is 2.13. The number of ether oxygens (including phenoxy) is 1. The summed E-state index contributed by atoms with van der Waals surface area (Å²) in [6.07, 6.45) is 1.32. The maximum absolute atomic E-state index is 11.8. The molecule has 0 bridgehead atoms. The highest BCUT2D eigenvalue weighted by atomic mass is 16.5. The summed E-state index contributed by atoms with van der Waals surface area (Å²) in [5.74, 6) is 0.0551. The summed E-state index contributed by atoms with van der Waals surface area (Å²) in [4.78, 5) is 30.9. The van der Waals surface area contributed by atoms with Gasteiger partial charge in [-0.05, 0) is 12.1 Å². The number of hydrogen-bond donors (Lipinski definition) is 0. The monoisotopic (exact) mass is 288 g/mol. The van der Waals surface area contributed by atoms with Gasteiger partial charge < -0.3 is 14.5 Å². The second-order valence-electron chi connectivity index (χ2n) is 4.64. The van der Waals surface area contributed by atoms with E-state index >= 15 is 0 Å². The number of carbonyl (C=O) groups excluding carboxylic acids is 2. The highest BCUT2D eigenvalue weighted by molar-refractivity contribution is 5.94. The fourth-order valence-electron chi connectivity index (χ4n) is 2.13. The van der Waals surface area contributed by atoms with E-state index in [1.807, 2.05) is 11.0 Å². The molecule has 0 spiro atoms. The van der Waals surface area contributed by atoms with Crippen LogP contribution in [0.2, 0.25) is 0 Å². The molecule has 0 saturated carbocycles. The van der Waals surface area contributed by atoms with Gasteiger partial charge in [0.15, 0.2) is 0 Å². The predicted molar refractivity (Wildman–Crippen MR) is 74.4 cm³/mol. The fraction of sp³-hybridized carbons (Fsp3) is 0.429. The number of nitrogens with zero attached hydrogens (tertiary/aromatic N) is 4. The first-order chi connectivity index (χ1) is 10.1. The van der Waals surface area contributed by atoms with E-state index in [2.05, 4.69) is 9.72 Å². The Kier molecular flexibility index (Phi) is 4.72. The van der Waals surface area contributed by atoms with Gasteiger partial charge in [-0.3, -0.25) is 9.59 Å². The summed E-state index contributed by atoms with van der Waals surface area (Å²) in [7, 11) is 1.27. The minimum atomic E-state index is -0.517. The van der Waals surface area contributed by atoms with E-state index in [1.165, 1.54) is 13.3 Å². The molecule has 1 aliphatic heterocycles. The van der Waals surface area contributed by atoms with Gasteiger partial charge in [0.25, 0.3) is 0 Å². The Hall–Kier alpha value is -2.62. The molecule has 1 aromatic rings.